The van der Waals surface area contributed by atoms with Crippen LogP contribution in [0.4, 0.5) is 0 Å². The lowest BCUT2D eigenvalue weighted by Gasteiger charge is -2.15. The number of nitrogens with zero attached hydrogens (tertiary/aromatic N) is 1. The van der Waals surface area contributed by atoms with Gasteiger partial charge in [0.2, 0.25) is 0 Å². The molecule has 0 spiro atoms. The minimum atomic E-state index is -0.00260. The zero-order valence-electron chi connectivity index (χ0n) is 16.3. The fourth-order valence-corrected chi connectivity index (χ4v) is 3.93. The van der Waals surface area contributed by atoms with Crippen molar-refractivity contribution < 1.29 is 9.53 Å². The van der Waals surface area contributed by atoms with Crippen LogP contribution in [-0.4, -0.2) is 10.8 Å². The maximum Gasteiger partial charge on any atom is 0.160 e. The molecule has 0 aliphatic heterocycles. The van der Waals surface area contributed by atoms with E-state index in [1.165, 1.54) is 0 Å². The van der Waals surface area contributed by atoms with Gasteiger partial charge in [0.25, 0.3) is 0 Å². The van der Waals surface area contributed by atoms with Gasteiger partial charge in [-0.15, -0.1) is 11.3 Å². The monoisotopic (exact) mass is 379 g/mol. The molecule has 0 amide bonds. The van der Waals surface area contributed by atoms with Crippen molar-refractivity contribution in [2.45, 2.75) is 46.8 Å². The van der Waals surface area contributed by atoms with Gasteiger partial charge in [-0.05, 0) is 55.5 Å². The first-order valence-electron chi connectivity index (χ1n) is 9.25. The summed E-state index contributed by atoms with van der Waals surface area (Å²) in [5, 5.41) is 1.13. The molecular weight excluding hydrogens is 354 g/mol. The molecule has 140 valence electrons. The molecule has 0 aliphatic rings. The molecule has 1 heterocycles. The predicted molar refractivity (Wildman–Crippen MR) is 111 cm³/mol. The molecule has 0 saturated carbocycles. The van der Waals surface area contributed by atoms with E-state index < -0.39 is 0 Å². The van der Waals surface area contributed by atoms with Crippen LogP contribution in [0.15, 0.2) is 48.7 Å². The molecule has 27 heavy (non-hydrogen) atoms. The SMILES string of the molecule is CCc1ncc(C(C)OCc2ccc(C(C)=O)c(-c3ccccc3C)c2)s1. The van der Waals surface area contributed by atoms with Gasteiger partial charge in [-0.3, -0.25) is 4.79 Å². The molecule has 1 atom stereocenters. The number of carbonyl (C=O) groups is 1. The van der Waals surface area contributed by atoms with Crippen molar-refractivity contribution >= 4 is 17.1 Å². The Morgan fingerprint density at radius 2 is 1.96 bits per heavy atom. The van der Waals surface area contributed by atoms with E-state index in [1.54, 1.807) is 18.3 Å². The smallest absolute Gasteiger partial charge is 0.160 e. The van der Waals surface area contributed by atoms with Crippen molar-refractivity contribution in [3.63, 3.8) is 0 Å². The van der Waals surface area contributed by atoms with Crippen molar-refractivity contribution in [1.82, 2.24) is 4.98 Å². The second kappa shape index (κ2) is 8.59. The van der Waals surface area contributed by atoms with Crippen LogP contribution in [0, 0.1) is 6.92 Å². The van der Waals surface area contributed by atoms with Gasteiger partial charge in [-0.1, -0.05) is 43.3 Å². The lowest BCUT2D eigenvalue weighted by molar-refractivity contribution is 0.0547. The molecule has 0 bridgehead atoms. The predicted octanol–water partition coefficient (Wildman–Crippen LogP) is 6.16. The van der Waals surface area contributed by atoms with Gasteiger partial charge in [0, 0.05) is 11.8 Å². The van der Waals surface area contributed by atoms with Gasteiger partial charge in [0.05, 0.1) is 22.6 Å². The molecular formula is C23H25NO2S. The molecule has 0 radical (unpaired) electrons. The first-order valence-corrected chi connectivity index (χ1v) is 10.1. The molecule has 0 aliphatic carbocycles. The number of Topliss-reactive ketones (excluding diaryl/α,β-unsaturated/α-hetero) is 1. The normalized spacial score (nSPS) is 12.1. The number of hydrogen-bond donors (Lipinski definition) is 0. The van der Waals surface area contributed by atoms with E-state index in [0.717, 1.165) is 44.1 Å². The van der Waals surface area contributed by atoms with E-state index in [4.69, 9.17) is 4.74 Å². The third-order valence-electron chi connectivity index (χ3n) is 4.67. The van der Waals surface area contributed by atoms with Crippen LogP contribution in [0.2, 0.25) is 0 Å². The second-order valence-corrected chi connectivity index (χ2v) is 7.86. The molecule has 3 rings (SSSR count). The summed E-state index contributed by atoms with van der Waals surface area (Å²) in [6, 6.07) is 14.1. The summed E-state index contributed by atoms with van der Waals surface area (Å²) in [6.07, 6.45) is 2.85. The molecule has 0 saturated heterocycles. The Balaban J connectivity index is 1.83. The van der Waals surface area contributed by atoms with E-state index in [0.29, 0.717) is 6.61 Å². The highest BCUT2D eigenvalue weighted by molar-refractivity contribution is 7.11. The lowest BCUT2D eigenvalue weighted by Crippen LogP contribution is -2.02. The molecule has 2 aromatic carbocycles. The third kappa shape index (κ3) is 4.52. The van der Waals surface area contributed by atoms with E-state index in [-0.39, 0.29) is 11.9 Å². The van der Waals surface area contributed by atoms with Crippen molar-refractivity contribution in [3.05, 3.63) is 75.2 Å². The Morgan fingerprint density at radius 1 is 1.19 bits per heavy atom. The van der Waals surface area contributed by atoms with E-state index in [2.05, 4.69) is 44.0 Å². The number of benzene rings is 2. The Morgan fingerprint density at radius 3 is 2.63 bits per heavy atom. The molecule has 3 nitrogen and oxygen atoms in total. The summed E-state index contributed by atoms with van der Waals surface area (Å²) in [5.41, 5.74) is 5.03. The largest absolute Gasteiger partial charge is 0.368 e. The molecule has 3 aromatic rings. The fraction of sp³-hybridized carbons (Fsp3) is 0.304. The standard InChI is InChI=1S/C23H25NO2S/c1-5-23-24-13-22(27-23)17(4)26-14-18-10-11-20(16(3)25)21(12-18)19-9-7-6-8-15(19)2/h6-13,17H,5,14H2,1-4H3. The van der Waals surface area contributed by atoms with Crippen LogP contribution < -0.4 is 0 Å². The number of ketones is 1. The topological polar surface area (TPSA) is 39.2 Å². The highest BCUT2D eigenvalue weighted by Gasteiger charge is 2.14. The average Bonchev–Trinajstić information content (AvgIpc) is 3.15. The molecule has 4 heteroatoms. The second-order valence-electron chi connectivity index (χ2n) is 6.71. The molecule has 1 aromatic heterocycles. The van der Waals surface area contributed by atoms with Gasteiger partial charge >= 0.3 is 0 Å². The number of rotatable bonds is 7. The first-order chi connectivity index (χ1) is 13.0. The minimum absolute atomic E-state index is 0.00260. The van der Waals surface area contributed by atoms with E-state index in [1.807, 2.05) is 30.5 Å². The van der Waals surface area contributed by atoms with Gasteiger partial charge in [-0.25, -0.2) is 4.98 Å². The molecule has 0 N–H and O–H groups in total. The summed E-state index contributed by atoms with van der Waals surface area (Å²) >= 11 is 1.70. The van der Waals surface area contributed by atoms with Crippen molar-refractivity contribution in [1.29, 1.82) is 0 Å². The average molecular weight is 380 g/mol. The Hall–Kier alpha value is -2.30. The van der Waals surface area contributed by atoms with Crippen LogP contribution in [0.25, 0.3) is 11.1 Å². The van der Waals surface area contributed by atoms with Crippen molar-refractivity contribution in [3.8, 4) is 11.1 Å². The number of aryl methyl sites for hydroxylation is 2. The van der Waals surface area contributed by atoms with Crippen LogP contribution in [0.5, 0.6) is 0 Å². The van der Waals surface area contributed by atoms with Gasteiger partial charge in [0.15, 0.2) is 5.78 Å². The van der Waals surface area contributed by atoms with Crippen LogP contribution in [-0.2, 0) is 17.8 Å². The zero-order chi connectivity index (χ0) is 19.4. The number of carbonyl (C=O) groups excluding carboxylic acids is 1. The summed E-state index contributed by atoms with van der Waals surface area (Å²) in [4.78, 5) is 17.7. The number of ether oxygens (including phenoxy) is 1. The zero-order valence-corrected chi connectivity index (χ0v) is 17.1. The van der Waals surface area contributed by atoms with E-state index in [9.17, 15) is 4.79 Å². The maximum absolute atomic E-state index is 12.1. The highest BCUT2D eigenvalue weighted by Crippen LogP contribution is 2.30. The van der Waals surface area contributed by atoms with Gasteiger partial charge in [-0.2, -0.15) is 0 Å². The van der Waals surface area contributed by atoms with Crippen LogP contribution in [0.3, 0.4) is 0 Å². The van der Waals surface area contributed by atoms with E-state index >= 15 is 0 Å². The minimum Gasteiger partial charge on any atom is -0.368 e. The quantitative estimate of drug-likeness (QED) is 0.461. The Bertz CT molecular complexity index is 945. The van der Waals surface area contributed by atoms with Crippen molar-refractivity contribution in [2.75, 3.05) is 0 Å². The highest BCUT2D eigenvalue weighted by atomic mass is 32.1. The lowest BCUT2D eigenvalue weighted by atomic mass is 9.93. The number of thiazole rings is 1. The fourth-order valence-electron chi connectivity index (χ4n) is 3.07. The van der Waals surface area contributed by atoms with Gasteiger partial charge in [0.1, 0.15) is 0 Å². The van der Waals surface area contributed by atoms with Crippen molar-refractivity contribution in [2.24, 2.45) is 0 Å². The molecule has 0 fully saturated rings. The summed E-state index contributed by atoms with van der Waals surface area (Å²) < 4.78 is 6.08. The summed E-state index contributed by atoms with van der Waals surface area (Å²) in [5.74, 6) is 0.0749. The first kappa shape index (κ1) is 19.5. The van der Waals surface area contributed by atoms with Crippen LogP contribution in [0.1, 0.15) is 58.2 Å². The number of aromatic nitrogens is 1. The number of hydrogen-bond acceptors (Lipinski definition) is 4. The molecule has 1 unspecified atom stereocenters. The Kier molecular flexibility index (Phi) is 6.19. The third-order valence-corrected chi connectivity index (χ3v) is 5.98. The maximum atomic E-state index is 12.1. The Labute approximate surface area is 165 Å². The van der Waals surface area contributed by atoms with Gasteiger partial charge < -0.3 is 4.74 Å². The summed E-state index contributed by atoms with van der Waals surface area (Å²) in [6.45, 7) is 8.35. The summed E-state index contributed by atoms with van der Waals surface area (Å²) in [7, 11) is 0. The van der Waals surface area contributed by atoms with Crippen LogP contribution >= 0.6 is 11.3 Å².